The van der Waals surface area contributed by atoms with Crippen LogP contribution >= 0.6 is 0 Å². The second-order valence-electron chi connectivity index (χ2n) is 6.59. The van der Waals surface area contributed by atoms with Gasteiger partial charge in [0, 0.05) is 13.0 Å². The Kier molecular flexibility index (Phi) is 5.58. The summed E-state index contributed by atoms with van der Waals surface area (Å²) in [6.07, 6.45) is 6.88. The standard InChI is InChI=1S/C16H30N4/c1-5-20-16(18-11-19-20)9-15-8-13(12(2)3)6-7-14(15)10-17-4/h11-15,17H,5-10H2,1-4H3. The van der Waals surface area contributed by atoms with Gasteiger partial charge in [-0.15, -0.1) is 0 Å². The third-order valence-corrected chi connectivity index (χ3v) is 5.03. The Morgan fingerprint density at radius 3 is 2.80 bits per heavy atom. The Morgan fingerprint density at radius 1 is 1.35 bits per heavy atom. The van der Waals surface area contributed by atoms with Crippen LogP contribution in [0.3, 0.4) is 0 Å². The van der Waals surface area contributed by atoms with E-state index in [1.54, 1.807) is 6.33 Å². The van der Waals surface area contributed by atoms with Gasteiger partial charge in [0.2, 0.25) is 0 Å². The molecular formula is C16H30N4. The summed E-state index contributed by atoms with van der Waals surface area (Å²) in [6.45, 7) is 8.94. The zero-order valence-corrected chi connectivity index (χ0v) is 13.5. The molecule has 1 saturated carbocycles. The molecule has 114 valence electrons. The fourth-order valence-corrected chi connectivity index (χ4v) is 3.69. The van der Waals surface area contributed by atoms with Crippen molar-refractivity contribution in [2.75, 3.05) is 13.6 Å². The van der Waals surface area contributed by atoms with Gasteiger partial charge in [0.1, 0.15) is 12.2 Å². The summed E-state index contributed by atoms with van der Waals surface area (Å²) in [5, 5.41) is 7.69. The monoisotopic (exact) mass is 278 g/mol. The van der Waals surface area contributed by atoms with Gasteiger partial charge in [0.15, 0.2) is 0 Å². The molecule has 0 aromatic carbocycles. The van der Waals surface area contributed by atoms with E-state index < -0.39 is 0 Å². The fraction of sp³-hybridized carbons (Fsp3) is 0.875. The second-order valence-corrected chi connectivity index (χ2v) is 6.59. The number of aromatic nitrogens is 3. The minimum atomic E-state index is 0.748. The third-order valence-electron chi connectivity index (χ3n) is 5.03. The van der Waals surface area contributed by atoms with Gasteiger partial charge in [0.05, 0.1) is 0 Å². The van der Waals surface area contributed by atoms with Crippen LogP contribution in [-0.2, 0) is 13.0 Å². The van der Waals surface area contributed by atoms with Crippen molar-refractivity contribution < 1.29 is 0 Å². The first-order valence-electron chi connectivity index (χ1n) is 8.16. The smallest absolute Gasteiger partial charge is 0.138 e. The highest BCUT2D eigenvalue weighted by Gasteiger charge is 2.32. The number of nitrogens with one attached hydrogen (secondary N) is 1. The fourth-order valence-electron chi connectivity index (χ4n) is 3.69. The summed E-state index contributed by atoms with van der Waals surface area (Å²) in [5.41, 5.74) is 0. The zero-order chi connectivity index (χ0) is 14.5. The van der Waals surface area contributed by atoms with Gasteiger partial charge < -0.3 is 5.32 Å². The van der Waals surface area contributed by atoms with Crippen LogP contribution in [0.4, 0.5) is 0 Å². The van der Waals surface area contributed by atoms with Gasteiger partial charge in [-0.05, 0) is 63.5 Å². The molecule has 3 unspecified atom stereocenters. The summed E-state index contributed by atoms with van der Waals surface area (Å²) in [7, 11) is 2.07. The van der Waals surface area contributed by atoms with Crippen LogP contribution in [0.5, 0.6) is 0 Å². The van der Waals surface area contributed by atoms with E-state index in [0.29, 0.717) is 0 Å². The minimum Gasteiger partial charge on any atom is -0.319 e. The summed E-state index contributed by atoms with van der Waals surface area (Å²) in [4.78, 5) is 4.48. The molecule has 3 atom stereocenters. The lowest BCUT2D eigenvalue weighted by molar-refractivity contribution is 0.143. The van der Waals surface area contributed by atoms with Crippen molar-refractivity contribution in [1.29, 1.82) is 0 Å². The van der Waals surface area contributed by atoms with Gasteiger partial charge in [-0.1, -0.05) is 13.8 Å². The van der Waals surface area contributed by atoms with Gasteiger partial charge in [-0.25, -0.2) is 4.98 Å². The first-order valence-corrected chi connectivity index (χ1v) is 8.16. The predicted octanol–water partition coefficient (Wildman–Crippen LogP) is 2.75. The van der Waals surface area contributed by atoms with E-state index in [-0.39, 0.29) is 0 Å². The highest BCUT2D eigenvalue weighted by molar-refractivity contribution is 4.92. The number of rotatable bonds is 6. The molecule has 1 aromatic heterocycles. The molecule has 0 spiro atoms. The Hall–Kier alpha value is -0.900. The maximum Gasteiger partial charge on any atom is 0.138 e. The summed E-state index contributed by atoms with van der Waals surface area (Å²) in [5.74, 6) is 4.39. The van der Waals surface area contributed by atoms with Crippen LogP contribution in [0, 0.1) is 23.7 Å². The van der Waals surface area contributed by atoms with Gasteiger partial charge in [-0.3, -0.25) is 4.68 Å². The maximum absolute atomic E-state index is 4.48. The SMILES string of the molecule is CCn1ncnc1CC1CC(C(C)C)CCC1CNC. The highest BCUT2D eigenvalue weighted by Crippen LogP contribution is 2.38. The number of nitrogens with zero attached hydrogens (tertiary/aromatic N) is 3. The summed E-state index contributed by atoms with van der Waals surface area (Å²) < 4.78 is 2.05. The number of hydrogen-bond acceptors (Lipinski definition) is 3. The average molecular weight is 278 g/mol. The Labute approximate surface area is 123 Å². The second kappa shape index (κ2) is 7.21. The molecule has 1 heterocycles. The van der Waals surface area contributed by atoms with Gasteiger partial charge in [-0.2, -0.15) is 5.10 Å². The van der Waals surface area contributed by atoms with Crippen molar-refractivity contribution in [1.82, 2.24) is 20.1 Å². The van der Waals surface area contributed by atoms with Crippen molar-refractivity contribution in [3.63, 3.8) is 0 Å². The molecule has 1 N–H and O–H groups in total. The van der Waals surface area contributed by atoms with Crippen molar-refractivity contribution >= 4 is 0 Å². The lowest BCUT2D eigenvalue weighted by Crippen LogP contribution is -2.34. The molecular weight excluding hydrogens is 248 g/mol. The molecule has 1 aliphatic rings. The Balaban J connectivity index is 2.06. The molecule has 1 fully saturated rings. The summed E-state index contributed by atoms with van der Waals surface area (Å²) >= 11 is 0. The molecule has 20 heavy (non-hydrogen) atoms. The van der Waals surface area contributed by atoms with Crippen molar-refractivity contribution in [3.05, 3.63) is 12.2 Å². The minimum absolute atomic E-state index is 0.748. The molecule has 0 bridgehead atoms. The molecule has 0 radical (unpaired) electrons. The van der Waals surface area contributed by atoms with E-state index in [1.165, 1.54) is 25.1 Å². The molecule has 0 amide bonds. The van der Waals surface area contributed by atoms with Gasteiger partial charge in [0.25, 0.3) is 0 Å². The van der Waals surface area contributed by atoms with Gasteiger partial charge >= 0.3 is 0 Å². The largest absolute Gasteiger partial charge is 0.319 e. The first kappa shape index (κ1) is 15.5. The first-order chi connectivity index (χ1) is 9.65. The normalized spacial score (nSPS) is 27.1. The molecule has 4 nitrogen and oxygen atoms in total. The van der Waals surface area contributed by atoms with E-state index >= 15 is 0 Å². The van der Waals surface area contributed by atoms with Crippen LogP contribution < -0.4 is 5.32 Å². The topological polar surface area (TPSA) is 42.7 Å². The van der Waals surface area contributed by atoms with Crippen LogP contribution in [0.2, 0.25) is 0 Å². The van der Waals surface area contributed by atoms with Crippen LogP contribution in [0.1, 0.15) is 45.9 Å². The van der Waals surface area contributed by atoms with Crippen molar-refractivity contribution in [2.45, 2.75) is 53.0 Å². The Bertz CT molecular complexity index is 399. The summed E-state index contributed by atoms with van der Waals surface area (Å²) in [6, 6.07) is 0. The van der Waals surface area contributed by atoms with Crippen LogP contribution in [0.25, 0.3) is 0 Å². The quantitative estimate of drug-likeness (QED) is 0.870. The zero-order valence-electron chi connectivity index (χ0n) is 13.5. The van der Waals surface area contributed by atoms with Crippen LogP contribution in [0.15, 0.2) is 6.33 Å². The number of hydrogen-bond donors (Lipinski definition) is 1. The Morgan fingerprint density at radius 2 is 2.15 bits per heavy atom. The predicted molar refractivity (Wildman–Crippen MR) is 82.5 cm³/mol. The highest BCUT2D eigenvalue weighted by atomic mass is 15.3. The number of aryl methyl sites for hydroxylation is 1. The molecule has 2 rings (SSSR count). The third kappa shape index (κ3) is 3.60. The van der Waals surface area contributed by atoms with Crippen molar-refractivity contribution in [2.24, 2.45) is 23.7 Å². The van der Waals surface area contributed by atoms with Crippen molar-refractivity contribution in [3.8, 4) is 0 Å². The maximum atomic E-state index is 4.48. The van der Waals surface area contributed by atoms with E-state index in [2.05, 4.69) is 47.9 Å². The van der Waals surface area contributed by atoms with E-state index in [9.17, 15) is 0 Å². The lowest BCUT2D eigenvalue weighted by atomic mass is 9.69. The molecule has 4 heteroatoms. The molecule has 1 aliphatic carbocycles. The van der Waals surface area contributed by atoms with E-state index in [0.717, 1.165) is 43.2 Å². The van der Waals surface area contributed by atoms with E-state index in [4.69, 9.17) is 0 Å². The van der Waals surface area contributed by atoms with Crippen LogP contribution in [-0.4, -0.2) is 28.4 Å². The van der Waals surface area contributed by atoms with E-state index in [1.807, 2.05) is 0 Å². The molecule has 0 saturated heterocycles. The average Bonchev–Trinajstić information content (AvgIpc) is 2.88. The molecule has 0 aliphatic heterocycles. The lowest BCUT2D eigenvalue weighted by Gasteiger charge is -2.38. The molecule has 1 aromatic rings.